The lowest BCUT2D eigenvalue weighted by molar-refractivity contribution is 0.0688. The van der Waals surface area contributed by atoms with Gasteiger partial charge in [0, 0.05) is 29.4 Å². The van der Waals surface area contributed by atoms with E-state index in [2.05, 4.69) is 28.6 Å². The number of aromatic carboxylic acids is 1. The fourth-order valence-electron chi connectivity index (χ4n) is 3.93. The summed E-state index contributed by atoms with van der Waals surface area (Å²) in [6.07, 6.45) is 1.44. The molecule has 0 amide bonds. The van der Waals surface area contributed by atoms with E-state index in [1.165, 1.54) is 5.56 Å². The molecule has 0 unspecified atom stereocenters. The van der Waals surface area contributed by atoms with Crippen molar-refractivity contribution in [1.82, 2.24) is 9.78 Å². The molecule has 0 radical (unpaired) electrons. The van der Waals surface area contributed by atoms with Gasteiger partial charge in [-0.3, -0.25) is 0 Å². The van der Waals surface area contributed by atoms with Crippen LogP contribution in [0.2, 0.25) is 0 Å². The third-order valence-corrected chi connectivity index (χ3v) is 5.18. The number of carboxylic acids is 1. The van der Waals surface area contributed by atoms with Crippen LogP contribution in [-0.2, 0) is 12.8 Å². The number of aromatic nitrogens is 2. The first-order valence-electron chi connectivity index (χ1n) is 9.28. The van der Waals surface area contributed by atoms with Crippen molar-refractivity contribution in [2.75, 3.05) is 18.7 Å². The maximum Gasteiger partial charge on any atom is 0.356 e. The Morgan fingerprint density at radius 1 is 1.18 bits per heavy atom. The van der Waals surface area contributed by atoms with Gasteiger partial charge in [-0.25, -0.2) is 9.48 Å². The van der Waals surface area contributed by atoms with E-state index in [1.807, 2.05) is 25.1 Å². The molecule has 7 nitrogen and oxygen atoms in total. The van der Waals surface area contributed by atoms with E-state index >= 15 is 0 Å². The summed E-state index contributed by atoms with van der Waals surface area (Å²) < 4.78 is 12.6. The van der Waals surface area contributed by atoms with Gasteiger partial charge in [-0.15, -0.1) is 0 Å². The summed E-state index contributed by atoms with van der Waals surface area (Å²) in [5.41, 5.74) is 5.65. The monoisotopic (exact) mass is 377 g/mol. The highest BCUT2D eigenvalue weighted by Gasteiger charge is 2.29. The summed E-state index contributed by atoms with van der Waals surface area (Å²) in [7, 11) is 0. The lowest BCUT2D eigenvalue weighted by Gasteiger charge is -2.20. The van der Waals surface area contributed by atoms with Gasteiger partial charge < -0.3 is 19.9 Å². The summed E-state index contributed by atoms with van der Waals surface area (Å²) in [5.74, 6) is 0.302. The Bertz CT molecular complexity index is 1100. The highest BCUT2D eigenvalue weighted by Crippen LogP contribution is 2.40. The Balaban J connectivity index is 1.74. The lowest BCUT2D eigenvalue weighted by atomic mass is 9.88. The minimum absolute atomic E-state index is 0.104. The molecular formula is C21H19N3O4. The van der Waals surface area contributed by atoms with Gasteiger partial charge in [0.05, 0.1) is 11.4 Å². The number of hydrogen-bond donors (Lipinski definition) is 2. The molecule has 28 heavy (non-hydrogen) atoms. The lowest BCUT2D eigenvalue weighted by Crippen LogP contribution is -2.09. The standard InChI is InChI=1S/C21H19N3O4/c1-2-22-13-5-3-12-4-7-15-19(21(25)26)23-24(20(15)16(12)9-13)14-6-8-17-18(10-14)28-11-27-17/h3,5-6,8-10,22H,2,4,7,11H2,1H3,(H,25,26). The molecule has 0 fully saturated rings. The fourth-order valence-corrected chi connectivity index (χ4v) is 3.93. The normalized spacial score (nSPS) is 13.8. The Morgan fingerprint density at radius 2 is 2.04 bits per heavy atom. The van der Waals surface area contributed by atoms with E-state index in [9.17, 15) is 9.90 Å². The van der Waals surface area contributed by atoms with Gasteiger partial charge in [0.2, 0.25) is 6.79 Å². The second-order valence-corrected chi connectivity index (χ2v) is 6.83. The number of benzene rings is 2. The molecule has 3 aromatic rings. The van der Waals surface area contributed by atoms with Crippen LogP contribution >= 0.6 is 0 Å². The molecule has 1 aromatic heterocycles. The minimum atomic E-state index is -1.01. The summed E-state index contributed by atoms with van der Waals surface area (Å²) in [4.78, 5) is 11.9. The molecular weight excluding hydrogens is 358 g/mol. The molecule has 2 aliphatic rings. The molecule has 142 valence electrons. The predicted octanol–water partition coefficient (Wildman–Crippen LogP) is 3.50. The van der Waals surface area contributed by atoms with Crippen LogP contribution in [0.3, 0.4) is 0 Å². The van der Waals surface area contributed by atoms with Crippen molar-refractivity contribution in [2.45, 2.75) is 19.8 Å². The Morgan fingerprint density at radius 3 is 2.86 bits per heavy atom. The van der Waals surface area contributed by atoms with Crippen LogP contribution in [-0.4, -0.2) is 34.2 Å². The first-order valence-corrected chi connectivity index (χ1v) is 9.28. The molecule has 2 aromatic carbocycles. The van der Waals surface area contributed by atoms with E-state index < -0.39 is 5.97 Å². The number of ether oxygens (including phenoxy) is 2. The highest BCUT2D eigenvalue weighted by molar-refractivity contribution is 5.91. The molecule has 2 heterocycles. The molecule has 0 saturated heterocycles. The molecule has 2 N–H and O–H groups in total. The number of carbonyl (C=O) groups is 1. The third-order valence-electron chi connectivity index (χ3n) is 5.18. The molecule has 0 spiro atoms. The molecule has 7 heteroatoms. The van der Waals surface area contributed by atoms with Crippen LogP contribution in [0.15, 0.2) is 36.4 Å². The smallest absolute Gasteiger partial charge is 0.356 e. The van der Waals surface area contributed by atoms with Gasteiger partial charge >= 0.3 is 5.97 Å². The quantitative estimate of drug-likeness (QED) is 0.724. The summed E-state index contributed by atoms with van der Waals surface area (Å²) in [6, 6.07) is 11.8. The number of fused-ring (bicyclic) bond motifs is 4. The van der Waals surface area contributed by atoms with Crippen LogP contribution in [0.1, 0.15) is 28.5 Å². The number of anilines is 1. The molecule has 5 rings (SSSR count). The van der Waals surface area contributed by atoms with E-state index in [1.54, 1.807) is 4.68 Å². The van der Waals surface area contributed by atoms with Crippen LogP contribution in [0.25, 0.3) is 16.9 Å². The number of aryl methyl sites for hydroxylation is 1. The molecule has 1 aliphatic carbocycles. The van der Waals surface area contributed by atoms with Crippen molar-refractivity contribution in [1.29, 1.82) is 0 Å². The second kappa shape index (κ2) is 6.30. The number of carboxylic acid groups (broad SMARTS) is 1. The van der Waals surface area contributed by atoms with Crippen molar-refractivity contribution in [3.05, 3.63) is 53.2 Å². The van der Waals surface area contributed by atoms with Crippen molar-refractivity contribution >= 4 is 11.7 Å². The zero-order chi connectivity index (χ0) is 19.3. The van der Waals surface area contributed by atoms with E-state index in [-0.39, 0.29) is 12.5 Å². The average molecular weight is 377 g/mol. The zero-order valence-corrected chi connectivity index (χ0v) is 15.4. The first kappa shape index (κ1) is 16.7. The van der Waals surface area contributed by atoms with Gasteiger partial charge in [0.1, 0.15) is 0 Å². The van der Waals surface area contributed by atoms with Crippen molar-refractivity contribution in [3.63, 3.8) is 0 Å². The van der Waals surface area contributed by atoms with E-state index in [0.717, 1.165) is 41.2 Å². The minimum Gasteiger partial charge on any atom is -0.476 e. The molecule has 1 aliphatic heterocycles. The van der Waals surface area contributed by atoms with Gasteiger partial charge in [-0.05, 0) is 49.6 Å². The van der Waals surface area contributed by atoms with Gasteiger partial charge in [0.15, 0.2) is 17.2 Å². The third kappa shape index (κ3) is 2.51. The van der Waals surface area contributed by atoms with Gasteiger partial charge in [0.25, 0.3) is 0 Å². The summed E-state index contributed by atoms with van der Waals surface area (Å²) in [5, 5.41) is 17.5. The topological polar surface area (TPSA) is 85.6 Å². The molecule has 0 bridgehead atoms. The largest absolute Gasteiger partial charge is 0.476 e. The second-order valence-electron chi connectivity index (χ2n) is 6.83. The summed E-state index contributed by atoms with van der Waals surface area (Å²) >= 11 is 0. The first-order chi connectivity index (χ1) is 13.7. The van der Waals surface area contributed by atoms with Crippen LogP contribution in [0.4, 0.5) is 5.69 Å². The number of rotatable bonds is 4. The predicted molar refractivity (Wildman–Crippen MR) is 104 cm³/mol. The van der Waals surface area contributed by atoms with E-state index in [4.69, 9.17) is 9.47 Å². The highest BCUT2D eigenvalue weighted by atomic mass is 16.7. The van der Waals surface area contributed by atoms with E-state index in [0.29, 0.717) is 17.9 Å². The fraction of sp³-hybridized carbons (Fsp3) is 0.238. The average Bonchev–Trinajstić information content (AvgIpc) is 3.32. The Kier molecular flexibility index (Phi) is 3.75. The molecule has 0 saturated carbocycles. The Hall–Kier alpha value is -3.48. The SMILES string of the molecule is CCNc1ccc2c(c1)-c1c(c(C(=O)O)nn1-c1ccc3c(c1)OCO3)CC2. The number of hydrogen-bond acceptors (Lipinski definition) is 5. The maximum atomic E-state index is 11.9. The number of nitrogens with zero attached hydrogens (tertiary/aromatic N) is 2. The summed E-state index contributed by atoms with van der Waals surface area (Å²) in [6.45, 7) is 3.04. The molecule has 0 atom stereocenters. The van der Waals surface area contributed by atoms with Crippen LogP contribution < -0.4 is 14.8 Å². The number of nitrogens with one attached hydrogen (secondary N) is 1. The van der Waals surface area contributed by atoms with Crippen molar-refractivity contribution in [3.8, 4) is 28.4 Å². The van der Waals surface area contributed by atoms with Crippen molar-refractivity contribution < 1.29 is 19.4 Å². The van der Waals surface area contributed by atoms with Crippen LogP contribution in [0, 0.1) is 0 Å². The van der Waals surface area contributed by atoms with Gasteiger partial charge in [-0.2, -0.15) is 5.10 Å². The zero-order valence-electron chi connectivity index (χ0n) is 15.4. The Labute approximate surface area is 161 Å². The van der Waals surface area contributed by atoms with Crippen molar-refractivity contribution in [2.24, 2.45) is 0 Å². The van der Waals surface area contributed by atoms with Gasteiger partial charge in [-0.1, -0.05) is 6.07 Å². The van der Waals surface area contributed by atoms with Crippen LogP contribution in [0.5, 0.6) is 11.5 Å². The maximum absolute atomic E-state index is 11.9.